The summed E-state index contributed by atoms with van der Waals surface area (Å²) in [6.45, 7) is 5.32. The first kappa shape index (κ1) is 16.6. The molecule has 134 valence electrons. The van der Waals surface area contributed by atoms with Crippen molar-refractivity contribution in [3.8, 4) is 11.3 Å². The second-order valence-corrected chi connectivity index (χ2v) is 7.57. The van der Waals surface area contributed by atoms with Crippen LogP contribution in [0.3, 0.4) is 0 Å². The lowest BCUT2D eigenvalue weighted by Crippen LogP contribution is -2.09. The highest BCUT2D eigenvalue weighted by Crippen LogP contribution is 2.44. The van der Waals surface area contributed by atoms with Gasteiger partial charge >= 0.3 is 5.97 Å². The highest BCUT2D eigenvalue weighted by molar-refractivity contribution is 6.01. The molecule has 2 aromatic heterocycles. The number of rotatable bonds is 5. The Labute approximate surface area is 152 Å². The zero-order valence-electron chi connectivity index (χ0n) is 15.1. The molecule has 0 spiro atoms. The molecule has 1 aliphatic carbocycles. The lowest BCUT2D eigenvalue weighted by Gasteiger charge is -2.13. The fourth-order valence-electron chi connectivity index (χ4n) is 3.60. The molecule has 0 unspecified atom stereocenters. The summed E-state index contributed by atoms with van der Waals surface area (Å²) < 4.78 is 2.22. The molecular weight excluding hydrogens is 326 g/mol. The van der Waals surface area contributed by atoms with Gasteiger partial charge in [0.05, 0.1) is 11.4 Å². The van der Waals surface area contributed by atoms with E-state index in [9.17, 15) is 9.90 Å². The number of pyridine rings is 1. The molecule has 5 heteroatoms. The Balaban J connectivity index is 1.82. The van der Waals surface area contributed by atoms with Crippen LogP contribution in [-0.4, -0.2) is 20.6 Å². The number of anilines is 1. The van der Waals surface area contributed by atoms with E-state index in [4.69, 9.17) is 5.73 Å². The topological polar surface area (TPSA) is 81.1 Å². The number of carboxylic acids is 1. The first-order chi connectivity index (χ1) is 12.5. The van der Waals surface area contributed by atoms with E-state index in [2.05, 4.69) is 35.7 Å². The molecule has 0 atom stereocenters. The van der Waals surface area contributed by atoms with Gasteiger partial charge < -0.3 is 15.4 Å². The van der Waals surface area contributed by atoms with Crippen LogP contribution in [0.5, 0.6) is 0 Å². The number of fused-ring (bicyclic) bond motifs is 1. The maximum absolute atomic E-state index is 11.9. The lowest BCUT2D eigenvalue weighted by molar-refractivity contribution is 0.0698. The van der Waals surface area contributed by atoms with Crippen LogP contribution >= 0.6 is 0 Å². The molecule has 1 aromatic carbocycles. The number of carbonyl (C=O) groups is 1. The molecule has 0 amide bonds. The van der Waals surface area contributed by atoms with Crippen molar-refractivity contribution in [2.24, 2.45) is 5.92 Å². The van der Waals surface area contributed by atoms with E-state index in [-0.39, 0.29) is 5.56 Å². The van der Waals surface area contributed by atoms with Crippen molar-refractivity contribution in [1.29, 1.82) is 0 Å². The normalized spacial score (nSPS) is 14.3. The number of benzene rings is 1. The van der Waals surface area contributed by atoms with Crippen LogP contribution in [0.15, 0.2) is 36.7 Å². The van der Waals surface area contributed by atoms with Gasteiger partial charge in [0.2, 0.25) is 0 Å². The van der Waals surface area contributed by atoms with Gasteiger partial charge in [-0.1, -0.05) is 19.9 Å². The van der Waals surface area contributed by atoms with Crippen LogP contribution in [0.4, 0.5) is 5.69 Å². The second kappa shape index (κ2) is 6.16. The van der Waals surface area contributed by atoms with Crippen molar-refractivity contribution in [3.05, 3.63) is 47.8 Å². The van der Waals surface area contributed by atoms with Crippen LogP contribution in [0.1, 0.15) is 48.5 Å². The average molecular weight is 349 g/mol. The standard InChI is InChI=1S/C21H23N3O2/c1-12(2)11-24-8-7-14-9-15(5-6-17(14)24)20-18(21(25)26)19(22)16(10-23-20)13-3-4-13/h5-10,12-13H,3-4,11H2,1-2H3,(H2,22,23)(H,25,26). The fourth-order valence-corrected chi connectivity index (χ4v) is 3.60. The minimum absolute atomic E-state index is 0.121. The van der Waals surface area contributed by atoms with Crippen molar-refractivity contribution in [1.82, 2.24) is 9.55 Å². The number of nitrogens with zero attached hydrogens (tertiary/aromatic N) is 2. The smallest absolute Gasteiger partial charge is 0.340 e. The third kappa shape index (κ3) is 2.83. The van der Waals surface area contributed by atoms with Crippen molar-refractivity contribution >= 4 is 22.6 Å². The van der Waals surface area contributed by atoms with Gasteiger partial charge in [0.25, 0.3) is 0 Å². The molecule has 1 saturated carbocycles. The summed E-state index contributed by atoms with van der Waals surface area (Å²) in [5.41, 5.74) is 9.93. The first-order valence-electron chi connectivity index (χ1n) is 9.06. The molecule has 4 rings (SSSR count). The summed E-state index contributed by atoms with van der Waals surface area (Å²) >= 11 is 0. The van der Waals surface area contributed by atoms with Crippen LogP contribution < -0.4 is 5.73 Å². The lowest BCUT2D eigenvalue weighted by atomic mass is 9.99. The van der Waals surface area contributed by atoms with E-state index in [1.54, 1.807) is 6.20 Å². The van der Waals surface area contributed by atoms with Gasteiger partial charge in [0.15, 0.2) is 0 Å². The van der Waals surface area contributed by atoms with Gasteiger partial charge in [-0.05, 0) is 48.4 Å². The van der Waals surface area contributed by atoms with E-state index in [1.165, 1.54) is 0 Å². The number of hydrogen-bond acceptors (Lipinski definition) is 3. The van der Waals surface area contributed by atoms with E-state index in [0.29, 0.717) is 23.2 Å². The SMILES string of the molecule is CC(C)Cn1ccc2cc(-c3ncc(C4CC4)c(N)c3C(=O)O)ccc21. The molecule has 0 radical (unpaired) electrons. The average Bonchev–Trinajstić information content (AvgIpc) is 3.36. The monoisotopic (exact) mass is 349 g/mol. The summed E-state index contributed by atoms with van der Waals surface area (Å²) in [5, 5.41) is 10.8. The Bertz CT molecular complexity index is 1000. The molecule has 3 aromatic rings. The first-order valence-corrected chi connectivity index (χ1v) is 9.06. The Morgan fingerprint density at radius 2 is 2.12 bits per heavy atom. The van der Waals surface area contributed by atoms with Crippen LogP contribution in [-0.2, 0) is 6.54 Å². The van der Waals surface area contributed by atoms with Crippen molar-refractivity contribution in [2.75, 3.05) is 5.73 Å². The van der Waals surface area contributed by atoms with E-state index < -0.39 is 5.97 Å². The number of nitrogens with two attached hydrogens (primary N) is 1. The van der Waals surface area contributed by atoms with Gasteiger partial charge in [0.1, 0.15) is 5.56 Å². The van der Waals surface area contributed by atoms with Crippen molar-refractivity contribution < 1.29 is 9.90 Å². The minimum Gasteiger partial charge on any atom is -0.478 e. The Morgan fingerprint density at radius 3 is 2.77 bits per heavy atom. The maximum Gasteiger partial charge on any atom is 0.340 e. The Morgan fingerprint density at radius 1 is 1.35 bits per heavy atom. The van der Waals surface area contributed by atoms with Crippen LogP contribution in [0.2, 0.25) is 0 Å². The molecule has 3 N–H and O–H groups in total. The molecule has 26 heavy (non-hydrogen) atoms. The Kier molecular flexibility index (Phi) is 3.94. The molecule has 5 nitrogen and oxygen atoms in total. The minimum atomic E-state index is -1.02. The van der Waals surface area contributed by atoms with Gasteiger partial charge in [0, 0.05) is 35.4 Å². The number of carboxylic acid groups (broad SMARTS) is 1. The quantitative estimate of drug-likeness (QED) is 0.710. The largest absolute Gasteiger partial charge is 0.478 e. The third-order valence-corrected chi connectivity index (χ3v) is 4.99. The number of aromatic nitrogens is 2. The van der Waals surface area contributed by atoms with Gasteiger partial charge in [-0.3, -0.25) is 4.98 Å². The summed E-state index contributed by atoms with van der Waals surface area (Å²) in [5.74, 6) is -0.104. The maximum atomic E-state index is 11.9. The molecule has 0 aliphatic heterocycles. The van der Waals surface area contributed by atoms with E-state index in [1.807, 2.05) is 18.2 Å². The molecule has 0 saturated heterocycles. The number of aromatic carboxylic acids is 1. The summed E-state index contributed by atoms with van der Waals surface area (Å²) in [6, 6.07) is 8.02. The van der Waals surface area contributed by atoms with Crippen molar-refractivity contribution in [3.63, 3.8) is 0 Å². The number of hydrogen-bond donors (Lipinski definition) is 2. The summed E-state index contributed by atoms with van der Waals surface area (Å²) in [4.78, 5) is 16.4. The summed E-state index contributed by atoms with van der Waals surface area (Å²) in [7, 11) is 0. The van der Waals surface area contributed by atoms with Gasteiger partial charge in [-0.15, -0.1) is 0 Å². The third-order valence-electron chi connectivity index (χ3n) is 4.99. The molecule has 1 aliphatic rings. The molecular formula is C21H23N3O2. The second-order valence-electron chi connectivity index (χ2n) is 7.57. The predicted octanol–water partition coefficient (Wildman–Crippen LogP) is 4.52. The molecule has 1 fully saturated rings. The zero-order valence-corrected chi connectivity index (χ0v) is 15.1. The molecule has 0 bridgehead atoms. The van der Waals surface area contributed by atoms with Crippen LogP contribution in [0, 0.1) is 5.92 Å². The number of nitrogen functional groups attached to an aromatic ring is 1. The van der Waals surface area contributed by atoms with Crippen molar-refractivity contribution in [2.45, 2.75) is 39.2 Å². The van der Waals surface area contributed by atoms with Crippen LogP contribution in [0.25, 0.3) is 22.2 Å². The van der Waals surface area contributed by atoms with E-state index in [0.717, 1.165) is 41.4 Å². The van der Waals surface area contributed by atoms with Gasteiger partial charge in [-0.25, -0.2) is 4.79 Å². The molecule has 2 heterocycles. The summed E-state index contributed by atoms with van der Waals surface area (Å²) in [6.07, 6.45) is 5.94. The highest BCUT2D eigenvalue weighted by atomic mass is 16.4. The Hall–Kier alpha value is -2.82. The fraction of sp³-hybridized carbons (Fsp3) is 0.333. The van der Waals surface area contributed by atoms with E-state index >= 15 is 0 Å². The van der Waals surface area contributed by atoms with Gasteiger partial charge in [-0.2, -0.15) is 0 Å². The highest BCUT2D eigenvalue weighted by Gasteiger charge is 2.29. The zero-order chi connectivity index (χ0) is 18.4. The predicted molar refractivity (Wildman–Crippen MR) is 103 cm³/mol.